The summed E-state index contributed by atoms with van der Waals surface area (Å²) in [5.74, 6) is 0.829. The van der Waals surface area contributed by atoms with Gasteiger partial charge in [0, 0.05) is 62.1 Å². The molecule has 1 aliphatic heterocycles. The number of fused-ring (bicyclic) bond motifs is 1. The SMILES string of the molecule is CCOC(=O)N1CCN(C(c2cnn(C)c2)c2c[nH]c3ccc(OC)cc23)CC1. The van der Waals surface area contributed by atoms with Crippen molar-refractivity contribution >= 4 is 17.0 Å². The summed E-state index contributed by atoms with van der Waals surface area (Å²) in [5.41, 5.74) is 3.37. The Balaban J connectivity index is 1.67. The molecular formula is C21H27N5O3. The number of aromatic nitrogens is 3. The number of methoxy groups -OCH3 is 1. The molecule has 1 fully saturated rings. The molecule has 1 aromatic carbocycles. The molecule has 0 radical (unpaired) electrons. The first-order chi connectivity index (χ1) is 14.1. The van der Waals surface area contributed by atoms with Gasteiger partial charge in [-0.25, -0.2) is 4.79 Å². The minimum atomic E-state index is -0.234. The number of piperazine rings is 1. The molecule has 2 aromatic heterocycles. The van der Waals surface area contributed by atoms with E-state index in [-0.39, 0.29) is 12.1 Å². The summed E-state index contributed by atoms with van der Waals surface area (Å²) in [4.78, 5) is 19.6. The van der Waals surface area contributed by atoms with Gasteiger partial charge in [-0.05, 0) is 30.7 Å². The summed E-state index contributed by atoms with van der Waals surface area (Å²) in [7, 11) is 3.61. The molecule has 1 saturated heterocycles. The van der Waals surface area contributed by atoms with Crippen molar-refractivity contribution in [2.24, 2.45) is 7.05 Å². The monoisotopic (exact) mass is 397 g/mol. The lowest BCUT2D eigenvalue weighted by atomic mass is 9.98. The molecule has 29 heavy (non-hydrogen) atoms. The summed E-state index contributed by atoms with van der Waals surface area (Å²) < 4.78 is 12.4. The van der Waals surface area contributed by atoms with Gasteiger partial charge in [0.25, 0.3) is 0 Å². The fourth-order valence-electron chi connectivity index (χ4n) is 4.02. The lowest BCUT2D eigenvalue weighted by Crippen LogP contribution is -2.50. The lowest BCUT2D eigenvalue weighted by Gasteiger charge is -2.38. The fraction of sp³-hybridized carbons (Fsp3) is 0.429. The van der Waals surface area contributed by atoms with Gasteiger partial charge in [-0.2, -0.15) is 5.10 Å². The Morgan fingerprint density at radius 2 is 2.07 bits per heavy atom. The Morgan fingerprint density at radius 3 is 2.72 bits per heavy atom. The number of H-pyrrole nitrogens is 1. The number of hydrogen-bond donors (Lipinski definition) is 1. The topological polar surface area (TPSA) is 75.6 Å². The van der Waals surface area contributed by atoms with Crippen LogP contribution >= 0.6 is 0 Å². The van der Waals surface area contributed by atoms with E-state index >= 15 is 0 Å². The van der Waals surface area contributed by atoms with Crippen molar-refractivity contribution in [3.63, 3.8) is 0 Å². The van der Waals surface area contributed by atoms with Gasteiger partial charge in [0.15, 0.2) is 0 Å². The number of rotatable bonds is 5. The molecule has 3 heterocycles. The summed E-state index contributed by atoms with van der Waals surface area (Å²) in [6.07, 6.45) is 5.81. The van der Waals surface area contributed by atoms with Crippen LogP contribution < -0.4 is 4.74 Å². The van der Waals surface area contributed by atoms with Crippen LogP contribution in [0.2, 0.25) is 0 Å². The highest BCUT2D eigenvalue weighted by Gasteiger charge is 2.31. The molecule has 1 unspecified atom stereocenters. The molecule has 1 N–H and O–H groups in total. The Hall–Kier alpha value is -3.00. The van der Waals surface area contributed by atoms with Crippen molar-refractivity contribution in [1.29, 1.82) is 0 Å². The van der Waals surface area contributed by atoms with E-state index in [9.17, 15) is 4.79 Å². The van der Waals surface area contributed by atoms with Crippen LogP contribution in [-0.4, -0.2) is 70.6 Å². The molecule has 3 aromatic rings. The number of aryl methyl sites for hydroxylation is 1. The van der Waals surface area contributed by atoms with E-state index in [1.54, 1.807) is 12.0 Å². The molecule has 4 rings (SSSR count). The number of amides is 1. The highest BCUT2D eigenvalue weighted by Crippen LogP contribution is 2.35. The number of carbonyl (C=O) groups excluding carboxylic acids is 1. The predicted octanol–water partition coefficient (Wildman–Crippen LogP) is 2.77. The standard InChI is InChI=1S/C21H27N5O3/c1-4-29-21(27)26-9-7-25(8-10-26)20(15-12-23-24(2)14-15)18-13-22-19-6-5-16(28-3)11-17(18)19/h5-6,11-14,20,22H,4,7-10H2,1-3H3. The van der Waals surface area contributed by atoms with E-state index in [1.807, 2.05) is 37.0 Å². The van der Waals surface area contributed by atoms with E-state index in [0.29, 0.717) is 19.7 Å². The number of aromatic amines is 1. The maximum absolute atomic E-state index is 12.1. The third-order valence-electron chi connectivity index (χ3n) is 5.46. The maximum Gasteiger partial charge on any atom is 0.409 e. The molecule has 1 atom stereocenters. The first-order valence-corrected chi connectivity index (χ1v) is 9.90. The van der Waals surface area contributed by atoms with Crippen molar-refractivity contribution in [2.75, 3.05) is 39.9 Å². The third-order valence-corrected chi connectivity index (χ3v) is 5.46. The van der Waals surface area contributed by atoms with Gasteiger partial charge in [0.05, 0.1) is 26.0 Å². The fourth-order valence-corrected chi connectivity index (χ4v) is 4.02. The van der Waals surface area contributed by atoms with Gasteiger partial charge >= 0.3 is 6.09 Å². The number of benzene rings is 1. The molecule has 0 aliphatic carbocycles. The number of hydrogen-bond acceptors (Lipinski definition) is 5. The Bertz CT molecular complexity index is 987. The van der Waals surface area contributed by atoms with Crippen LogP contribution in [0.15, 0.2) is 36.8 Å². The highest BCUT2D eigenvalue weighted by atomic mass is 16.6. The minimum absolute atomic E-state index is 0.0360. The number of nitrogens with zero attached hydrogens (tertiary/aromatic N) is 4. The van der Waals surface area contributed by atoms with E-state index in [0.717, 1.165) is 35.3 Å². The van der Waals surface area contributed by atoms with Gasteiger partial charge in [-0.3, -0.25) is 9.58 Å². The van der Waals surface area contributed by atoms with E-state index in [2.05, 4.69) is 33.4 Å². The first kappa shape index (κ1) is 19.3. The largest absolute Gasteiger partial charge is 0.497 e. The number of ether oxygens (including phenoxy) is 2. The van der Waals surface area contributed by atoms with Gasteiger partial charge in [0.2, 0.25) is 0 Å². The zero-order chi connectivity index (χ0) is 20.4. The lowest BCUT2D eigenvalue weighted by molar-refractivity contribution is 0.0717. The zero-order valence-electron chi connectivity index (χ0n) is 17.1. The van der Waals surface area contributed by atoms with Crippen molar-refractivity contribution < 1.29 is 14.3 Å². The summed E-state index contributed by atoms with van der Waals surface area (Å²) in [6, 6.07) is 6.10. The summed E-state index contributed by atoms with van der Waals surface area (Å²) in [5, 5.41) is 5.52. The quantitative estimate of drug-likeness (QED) is 0.717. The van der Waals surface area contributed by atoms with Crippen LogP contribution in [0, 0.1) is 0 Å². The van der Waals surface area contributed by atoms with Crippen LogP contribution in [0.25, 0.3) is 10.9 Å². The Kier molecular flexibility index (Phi) is 5.44. The maximum atomic E-state index is 12.1. The molecule has 1 aliphatic rings. The molecule has 0 bridgehead atoms. The number of carbonyl (C=O) groups is 1. The van der Waals surface area contributed by atoms with Crippen molar-refractivity contribution in [3.8, 4) is 5.75 Å². The predicted molar refractivity (Wildman–Crippen MR) is 110 cm³/mol. The van der Waals surface area contributed by atoms with Crippen LogP contribution in [0.4, 0.5) is 4.79 Å². The Labute approximate surface area is 170 Å². The molecule has 8 nitrogen and oxygen atoms in total. The second-order valence-corrected chi connectivity index (χ2v) is 7.23. The van der Waals surface area contributed by atoms with E-state index in [4.69, 9.17) is 9.47 Å². The average Bonchev–Trinajstić information content (AvgIpc) is 3.35. The minimum Gasteiger partial charge on any atom is -0.497 e. The van der Waals surface area contributed by atoms with Gasteiger partial charge in [-0.1, -0.05) is 0 Å². The van der Waals surface area contributed by atoms with E-state index < -0.39 is 0 Å². The van der Waals surface area contributed by atoms with Gasteiger partial charge in [-0.15, -0.1) is 0 Å². The third kappa shape index (κ3) is 3.80. The van der Waals surface area contributed by atoms with Gasteiger partial charge in [0.1, 0.15) is 5.75 Å². The normalized spacial score (nSPS) is 16.2. The summed E-state index contributed by atoms with van der Waals surface area (Å²) >= 11 is 0. The molecule has 154 valence electrons. The van der Waals surface area contributed by atoms with Crippen molar-refractivity contribution in [2.45, 2.75) is 13.0 Å². The van der Waals surface area contributed by atoms with Gasteiger partial charge < -0.3 is 19.4 Å². The molecule has 0 saturated carbocycles. The molecular weight excluding hydrogens is 370 g/mol. The zero-order valence-corrected chi connectivity index (χ0v) is 17.1. The first-order valence-electron chi connectivity index (χ1n) is 9.90. The summed E-state index contributed by atoms with van der Waals surface area (Å²) in [6.45, 7) is 5.03. The van der Waals surface area contributed by atoms with E-state index in [1.165, 1.54) is 5.56 Å². The van der Waals surface area contributed by atoms with Crippen molar-refractivity contribution in [1.82, 2.24) is 24.6 Å². The van der Waals surface area contributed by atoms with Crippen LogP contribution in [0.3, 0.4) is 0 Å². The molecule has 0 spiro atoms. The molecule has 1 amide bonds. The second-order valence-electron chi connectivity index (χ2n) is 7.23. The van der Waals surface area contributed by atoms with Crippen molar-refractivity contribution in [3.05, 3.63) is 47.9 Å². The molecule has 8 heteroatoms. The number of nitrogens with one attached hydrogen (secondary N) is 1. The van der Waals surface area contributed by atoms with Crippen LogP contribution in [-0.2, 0) is 11.8 Å². The average molecular weight is 397 g/mol. The Morgan fingerprint density at radius 1 is 1.28 bits per heavy atom. The van der Waals surface area contributed by atoms with Crippen LogP contribution in [0.5, 0.6) is 5.75 Å². The second kappa shape index (κ2) is 8.16. The van der Waals surface area contributed by atoms with Crippen LogP contribution in [0.1, 0.15) is 24.1 Å². The smallest absolute Gasteiger partial charge is 0.409 e. The highest BCUT2D eigenvalue weighted by molar-refractivity contribution is 5.85.